The maximum atomic E-state index is 12.4. The molecule has 2 rings (SSSR count). The van der Waals surface area contributed by atoms with E-state index < -0.39 is 12.1 Å². The minimum Gasteiger partial charge on any atom is -0.481 e. The Kier molecular flexibility index (Phi) is 4.19. The zero-order valence-electron chi connectivity index (χ0n) is 10.5. The fourth-order valence-electron chi connectivity index (χ4n) is 2.49. The lowest BCUT2D eigenvalue weighted by Gasteiger charge is -2.36. The minimum absolute atomic E-state index is 0.0765. The van der Waals surface area contributed by atoms with E-state index >= 15 is 0 Å². The molecule has 0 bridgehead atoms. The summed E-state index contributed by atoms with van der Waals surface area (Å²) in [6.45, 7) is 3.79. The monoisotopic (exact) mass is 257 g/mol. The van der Waals surface area contributed by atoms with Gasteiger partial charge < -0.3 is 19.5 Å². The molecule has 3 atom stereocenters. The summed E-state index contributed by atoms with van der Waals surface area (Å²) in [5.74, 6) is -0.802. The molecule has 1 amide bonds. The van der Waals surface area contributed by atoms with Crippen LogP contribution in [0.1, 0.15) is 19.8 Å². The second-order valence-corrected chi connectivity index (χ2v) is 4.92. The normalized spacial score (nSPS) is 32.5. The Hall–Kier alpha value is -1.14. The van der Waals surface area contributed by atoms with Crippen LogP contribution in [0.2, 0.25) is 0 Å². The number of aliphatic carboxylic acids is 1. The van der Waals surface area contributed by atoms with Crippen LogP contribution in [0.25, 0.3) is 0 Å². The summed E-state index contributed by atoms with van der Waals surface area (Å²) in [4.78, 5) is 24.8. The first-order valence-electron chi connectivity index (χ1n) is 6.31. The van der Waals surface area contributed by atoms with Gasteiger partial charge in [-0.25, -0.2) is 0 Å². The van der Waals surface area contributed by atoms with Crippen molar-refractivity contribution in [1.82, 2.24) is 4.90 Å². The first-order valence-corrected chi connectivity index (χ1v) is 6.31. The summed E-state index contributed by atoms with van der Waals surface area (Å²) in [6.07, 6.45) is 0.386. The Labute approximate surface area is 106 Å². The van der Waals surface area contributed by atoms with Crippen LogP contribution in [0, 0.1) is 5.92 Å². The number of hydrogen-bond acceptors (Lipinski definition) is 4. The Balaban J connectivity index is 2.03. The topological polar surface area (TPSA) is 76.1 Å². The molecule has 2 fully saturated rings. The molecule has 0 radical (unpaired) electrons. The van der Waals surface area contributed by atoms with Crippen LogP contribution in [0.15, 0.2) is 0 Å². The third-order valence-corrected chi connectivity index (χ3v) is 3.55. The molecule has 6 heteroatoms. The highest BCUT2D eigenvalue weighted by molar-refractivity contribution is 5.82. The van der Waals surface area contributed by atoms with Crippen LogP contribution < -0.4 is 0 Å². The van der Waals surface area contributed by atoms with Gasteiger partial charge in [0, 0.05) is 13.2 Å². The van der Waals surface area contributed by atoms with Crippen LogP contribution in [0.3, 0.4) is 0 Å². The number of ether oxygens (including phenoxy) is 2. The maximum Gasteiger partial charge on any atom is 0.305 e. The average Bonchev–Trinajstić information content (AvgIpc) is 2.74. The first-order chi connectivity index (χ1) is 8.59. The smallest absolute Gasteiger partial charge is 0.305 e. The van der Waals surface area contributed by atoms with Gasteiger partial charge in [-0.1, -0.05) is 6.92 Å². The molecular formula is C12H19NO5. The highest BCUT2D eigenvalue weighted by Gasteiger charge is 2.38. The number of carbonyl (C=O) groups excluding carboxylic acids is 1. The minimum atomic E-state index is -0.913. The lowest BCUT2D eigenvalue weighted by atomic mass is 10.0. The van der Waals surface area contributed by atoms with Crippen molar-refractivity contribution in [2.75, 3.05) is 26.4 Å². The highest BCUT2D eigenvalue weighted by atomic mass is 16.5. The third-order valence-electron chi connectivity index (χ3n) is 3.55. The molecule has 0 aromatic carbocycles. The highest BCUT2D eigenvalue weighted by Crippen LogP contribution is 2.24. The van der Waals surface area contributed by atoms with Crippen molar-refractivity contribution >= 4 is 11.9 Å². The van der Waals surface area contributed by atoms with Crippen molar-refractivity contribution in [2.24, 2.45) is 5.92 Å². The van der Waals surface area contributed by atoms with Gasteiger partial charge in [-0.15, -0.1) is 0 Å². The van der Waals surface area contributed by atoms with Gasteiger partial charge in [0.2, 0.25) is 0 Å². The van der Waals surface area contributed by atoms with Crippen LogP contribution in [-0.4, -0.2) is 60.4 Å². The number of carboxylic acid groups (broad SMARTS) is 1. The Morgan fingerprint density at radius 3 is 2.78 bits per heavy atom. The number of rotatable bonds is 3. The molecule has 2 heterocycles. The van der Waals surface area contributed by atoms with E-state index in [1.165, 1.54) is 0 Å². The molecule has 0 aromatic rings. The molecule has 3 unspecified atom stereocenters. The summed E-state index contributed by atoms with van der Waals surface area (Å²) in [6, 6.07) is -0.375. The molecule has 1 N–H and O–H groups in total. The largest absolute Gasteiger partial charge is 0.481 e. The van der Waals surface area contributed by atoms with E-state index in [0.29, 0.717) is 26.4 Å². The van der Waals surface area contributed by atoms with Gasteiger partial charge in [0.25, 0.3) is 5.91 Å². The van der Waals surface area contributed by atoms with Gasteiger partial charge >= 0.3 is 5.97 Å². The van der Waals surface area contributed by atoms with Crippen molar-refractivity contribution in [2.45, 2.75) is 31.9 Å². The molecule has 0 aromatic heterocycles. The van der Waals surface area contributed by atoms with Crippen LogP contribution in [0.5, 0.6) is 0 Å². The van der Waals surface area contributed by atoms with Gasteiger partial charge in [0.15, 0.2) is 0 Å². The Morgan fingerprint density at radius 2 is 2.17 bits per heavy atom. The predicted molar refractivity (Wildman–Crippen MR) is 62.1 cm³/mol. The van der Waals surface area contributed by atoms with E-state index in [-0.39, 0.29) is 24.3 Å². The molecule has 0 aliphatic carbocycles. The predicted octanol–water partition coefficient (Wildman–Crippen LogP) is 0.114. The number of carboxylic acids is 1. The Bertz CT molecular complexity index is 332. The van der Waals surface area contributed by atoms with Crippen LogP contribution in [-0.2, 0) is 19.1 Å². The number of amides is 1. The number of hydrogen-bond donors (Lipinski definition) is 1. The zero-order chi connectivity index (χ0) is 13.1. The molecule has 0 saturated carbocycles. The molecule has 0 spiro atoms. The summed E-state index contributed by atoms with van der Waals surface area (Å²) in [5.41, 5.74) is 0. The van der Waals surface area contributed by atoms with Crippen molar-refractivity contribution in [3.8, 4) is 0 Å². The average molecular weight is 257 g/mol. The van der Waals surface area contributed by atoms with Gasteiger partial charge in [0.05, 0.1) is 25.7 Å². The van der Waals surface area contributed by atoms with Gasteiger partial charge in [0.1, 0.15) is 6.10 Å². The molecule has 2 aliphatic rings. The number of nitrogens with zero attached hydrogens (tertiary/aromatic N) is 1. The van der Waals surface area contributed by atoms with E-state index in [1.54, 1.807) is 4.90 Å². The van der Waals surface area contributed by atoms with Crippen molar-refractivity contribution in [1.29, 1.82) is 0 Å². The number of morpholine rings is 1. The fraction of sp³-hybridized carbons (Fsp3) is 0.833. The van der Waals surface area contributed by atoms with E-state index in [9.17, 15) is 9.59 Å². The number of carbonyl (C=O) groups is 2. The van der Waals surface area contributed by atoms with Crippen molar-refractivity contribution in [3.05, 3.63) is 0 Å². The molecule has 6 nitrogen and oxygen atoms in total. The van der Waals surface area contributed by atoms with Gasteiger partial charge in [-0.3, -0.25) is 9.59 Å². The van der Waals surface area contributed by atoms with Crippen molar-refractivity contribution in [3.63, 3.8) is 0 Å². The van der Waals surface area contributed by atoms with E-state index in [2.05, 4.69) is 0 Å². The standard InChI is InChI=1S/C12H19NO5/c1-8-2-4-18-11(8)12(16)13-3-5-17-7-9(13)6-10(14)15/h8-9,11H,2-7H2,1H3,(H,14,15). The summed E-state index contributed by atoms with van der Waals surface area (Å²) >= 11 is 0. The second-order valence-electron chi connectivity index (χ2n) is 4.92. The molecule has 102 valence electrons. The van der Waals surface area contributed by atoms with E-state index in [0.717, 1.165) is 6.42 Å². The first kappa shape index (κ1) is 13.3. The fourth-order valence-corrected chi connectivity index (χ4v) is 2.49. The molecular weight excluding hydrogens is 238 g/mol. The van der Waals surface area contributed by atoms with E-state index in [4.69, 9.17) is 14.6 Å². The molecule has 18 heavy (non-hydrogen) atoms. The van der Waals surface area contributed by atoms with E-state index in [1.807, 2.05) is 6.92 Å². The summed E-state index contributed by atoms with van der Waals surface area (Å²) in [7, 11) is 0. The summed E-state index contributed by atoms with van der Waals surface area (Å²) < 4.78 is 10.7. The molecule has 2 saturated heterocycles. The Morgan fingerprint density at radius 1 is 1.39 bits per heavy atom. The zero-order valence-corrected chi connectivity index (χ0v) is 10.5. The maximum absolute atomic E-state index is 12.4. The lowest BCUT2D eigenvalue weighted by molar-refractivity contribution is -0.154. The third kappa shape index (κ3) is 2.81. The summed E-state index contributed by atoms with van der Waals surface area (Å²) in [5, 5.41) is 8.86. The SMILES string of the molecule is CC1CCOC1C(=O)N1CCOCC1CC(=O)O. The lowest BCUT2D eigenvalue weighted by Crippen LogP contribution is -2.53. The molecule has 2 aliphatic heterocycles. The van der Waals surface area contributed by atoms with Crippen LogP contribution >= 0.6 is 0 Å². The quantitative estimate of drug-likeness (QED) is 0.776. The van der Waals surface area contributed by atoms with Crippen molar-refractivity contribution < 1.29 is 24.2 Å². The van der Waals surface area contributed by atoms with Crippen LogP contribution in [0.4, 0.5) is 0 Å². The second kappa shape index (κ2) is 5.67. The van der Waals surface area contributed by atoms with Gasteiger partial charge in [-0.05, 0) is 12.3 Å². The van der Waals surface area contributed by atoms with Gasteiger partial charge in [-0.2, -0.15) is 0 Å².